The molecule has 2 rings (SSSR count). The molecule has 0 saturated carbocycles. The number of benzene rings is 2. The number of sulfonamides is 1. The van der Waals surface area contributed by atoms with Crippen LogP contribution in [-0.4, -0.2) is 75.6 Å². The normalized spacial score (nSPS) is 12.4. The standard InChI is InChI=1S/C24H32FN3O5S/c1-27(34(3,31)32)18-23(29)28(17-20-10-12-21(25)13-11-20)22(16-19-8-5-4-6-9-19)24(30)26-14-7-15-33-2/h4-6,8-13,22H,7,14-18H2,1-3H3,(H,26,30)/t22-/m0/s1. The summed E-state index contributed by atoms with van der Waals surface area (Å²) >= 11 is 0. The van der Waals surface area contributed by atoms with E-state index in [1.807, 2.05) is 30.3 Å². The van der Waals surface area contributed by atoms with E-state index in [1.165, 1.54) is 36.2 Å². The zero-order valence-electron chi connectivity index (χ0n) is 19.7. The lowest BCUT2D eigenvalue weighted by molar-refractivity contribution is -0.141. The predicted octanol–water partition coefficient (Wildman–Crippen LogP) is 1.81. The Morgan fingerprint density at radius 2 is 1.71 bits per heavy atom. The van der Waals surface area contributed by atoms with Gasteiger partial charge in [-0.1, -0.05) is 42.5 Å². The summed E-state index contributed by atoms with van der Waals surface area (Å²) in [5.74, 6) is -1.32. The van der Waals surface area contributed by atoms with Crippen LogP contribution in [0.15, 0.2) is 54.6 Å². The third-order valence-electron chi connectivity index (χ3n) is 5.29. The first kappa shape index (κ1) is 27.4. The van der Waals surface area contributed by atoms with Gasteiger partial charge in [-0.3, -0.25) is 9.59 Å². The molecule has 0 aliphatic heterocycles. The van der Waals surface area contributed by atoms with Crippen LogP contribution in [0.3, 0.4) is 0 Å². The van der Waals surface area contributed by atoms with E-state index >= 15 is 0 Å². The van der Waals surface area contributed by atoms with Crippen LogP contribution >= 0.6 is 0 Å². The number of nitrogens with one attached hydrogen (secondary N) is 1. The molecular weight excluding hydrogens is 461 g/mol. The molecule has 186 valence electrons. The molecule has 2 aromatic rings. The van der Waals surface area contributed by atoms with E-state index in [0.717, 1.165) is 16.1 Å². The third kappa shape index (κ3) is 8.85. The third-order valence-corrected chi connectivity index (χ3v) is 6.55. The Morgan fingerprint density at radius 3 is 2.29 bits per heavy atom. The number of nitrogens with zero attached hydrogens (tertiary/aromatic N) is 2. The van der Waals surface area contributed by atoms with Crippen LogP contribution in [0, 0.1) is 5.82 Å². The minimum absolute atomic E-state index is 0.0136. The van der Waals surface area contributed by atoms with E-state index in [2.05, 4.69) is 5.32 Å². The fraction of sp³-hybridized carbons (Fsp3) is 0.417. The molecule has 1 atom stereocenters. The predicted molar refractivity (Wildman–Crippen MR) is 128 cm³/mol. The topological polar surface area (TPSA) is 96.0 Å². The molecule has 0 aliphatic carbocycles. The van der Waals surface area contributed by atoms with Gasteiger partial charge in [-0.25, -0.2) is 12.8 Å². The van der Waals surface area contributed by atoms with Crippen molar-refractivity contribution in [2.45, 2.75) is 25.4 Å². The Hall–Kier alpha value is -2.82. The highest BCUT2D eigenvalue weighted by Crippen LogP contribution is 2.16. The average Bonchev–Trinajstić information content (AvgIpc) is 2.80. The molecule has 0 aliphatic rings. The highest BCUT2D eigenvalue weighted by molar-refractivity contribution is 7.88. The van der Waals surface area contributed by atoms with Gasteiger partial charge >= 0.3 is 0 Å². The molecule has 8 nitrogen and oxygen atoms in total. The SMILES string of the molecule is COCCCNC(=O)[C@H](Cc1ccccc1)N(Cc1ccc(F)cc1)C(=O)CN(C)S(C)(=O)=O. The Morgan fingerprint density at radius 1 is 1.06 bits per heavy atom. The number of likely N-dealkylation sites (N-methyl/N-ethyl adjacent to an activating group) is 1. The number of hydrogen-bond acceptors (Lipinski definition) is 5. The average molecular weight is 494 g/mol. The minimum Gasteiger partial charge on any atom is -0.385 e. The molecule has 0 saturated heterocycles. The maximum Gasteiger partial charge on any atom is 0.243 e. The van der Waals surface area contributed by atoms with Crippen LogP contribution in [-0.2, 0) is 37.3 Å². The van der Waals surface area contributed by atoms with Crippen LogP contribution in [0.2, 0.25) is 0 Å². The molecule has 0 fully saturated rings. The van der Waals surface area contributed by atoms with E-state index in [9.17, 15) is 22.4 Å². The summed E-state index contributed by atoms with van der Waals surface area (Å²) in [5.41, 5.74) is 1.45. The van der Waals surface area contributed by atoms with Gasteiger partial charge in [0.15, 0.2) is 0 Å². The first-order valence-corrected chi connectivity index (χ1v) is 12.7. The van der Waals surface area contributed by atoms with Crippen molar-refractivity contribution >= 4 is 21.8 Å². The highest BCUT2D eigenvalue weighted by atomic mass is 32.2. The quantitative estimate of drug-likeness (QED) is 0.430. The van der Waals surface area contributed by atoms with Crippen LogP contribution in [0.4, 0.5) is 4.39 Å². The van der Waals surface area contributed by atoms with Gasteiger partial charge in [-0.2, -0.15) is 4.31 Å². The molecule has 0 radical (unpaired) electrons. The van der Waals surface area contributed by atoms with Gasteiger partial charge in [-0.05, 0) is 29.7 Å². The molecule has 0 spiro atoms. The summed E-state index contributed by atoms with van der Waals surface area (Å²) in [7, 11) is -0.737. The van der Waals surface area contributed by atoms with Gasteiger partial charge in [0.25, 0.3) is 0 Å². The maximum absolute atomic E-state index is 13.4. The second kappa shape index (κ2) is 13.2. The summed E-state index contributed by atoms with van der Waals surface area (Å²) in [6, 6.07) is 14.0. The lowest BCUT2D eigenvalue weighted by atomic mass is 10.0. The fourth-order valence-electron chi connectivity index (χ4n) is 3.28. The van der Waals surface area contributed by atoms with Crippen molar-refractivity contribution in [2.24, 2.45) is 0 Å². The molecule has 2 aromatic carbocycles. The van der Waals surface area contributed by atoms with Crippen molar-refractivity contribution in [2.75, 3.05) is 40.1 Å². The summed E-state index contributed by atoms with van der Waals surface area (Å²) in [4.78, 5) is 27.9. The van der Waals surface area contributed by atoms with Crippen molar-refractivity contribution in [3.8, 4) is 0 Å². The van der Waals surface area contributed by atoms with Crippen molar-refractivity contribution in [3.63, 3.8) is 0 Å². The van der Waals surface area contributed by atoms with Crippen LogP contribution in [0.25, 0.3) is 0 Å². The van der Waals surface area contributed by atoms with Crippen molar-refractivity contribution < 1.29 is 27.1 Å². The second-order valence-electron chi connectivity index (χ2n) is 8.01. The monoisotopic (exact) mass is 493 g/mol. The summed E-state index contributed by atoms with van der Waals surface area (Å²) in [5, 5.41) is 2.85. The second-order valence-corrected chi connectivity index (χ2v) is 10.1. The summed E-state index contributed by atoms with van der Waals surface area (Å²) in [6.45, 7) is 0.419. The lowest BCUT2D eigenvalue weighted by Gasteiger charge is -2.32. The molecule has 0 aromatic heterocycles. The van der Waals surface area contributed by atoms with Crippen molar-refractivity contribution in [1.29, 1.82) is 0 Å². The number of carbonyl (C=O) groups excluding carboxylic acids is 2. The van der Waals surface area contributed by atoms with E-state index in [1.54, 1.807) is 7.11 Å². The molecule has 34 heavy (non-hydrogen) atoms. The number of ether oxygens (including phenoxy) is 1. The molecular formula is C24H32FN3O5S. The van der Waals surface area contributed by atoms with Gasteiger partial charge in [-0.15, -0.1) is 0 Å². The molecule has 2 amide bonds. The van der Waals surface area contributed by atoms with Crippen molar-refractivity contribution in [1.82, 2.24) is 14.5 Å². The smallest absolute Gasteiger partial charge is 0.243 e. The number of amides is 2. The van der Waals surface area contributed by atoms with Crippen LogP contribution < -0.4 is 5.32 Å². The molecule has 0 unspecified atom stereocenters. The van der Waals surface area contributed by atoms with Crippen LogP contribution in [0.1, 0.15) is 17.5 Å². The Kier molecular flexibility index (Phi) is 10.6. The molecule has 1 N–H and O–H groups in total. The first-order valence-electron chi connectivity index (χ1n) is 10.9. The number of rotatable bonds is 13. The lowest BCUT2D eigenvalue weighted by Crippen LogP contribution is -2.53. The Balaban J connectivity index is 2.38. The zero-order valence-corrected chi connectivity index (χ0v) is 20.6. The van der Waals surface area contributed by atoms with Crippen LogP contribution in [0.5, 0.6) is 0 Å². The Labute approximate surface area is 200 Å². The zero-order chi connectivity index (χ0) is 25.1. The van der Waals surface area contributed by atoms with Gasteiger partial charge in [0.05, 0.1) is 12.8 Å². The van der Waals surface area contributed by atoms with Gasteiger partial charge in [0, 0.05) is 40.3 Å². The van der Waals surface area contributed by atoms with Gasteiger partial charge in [0.1, 0.15) is 11.9 Å². The number of carbonyl (C=O) groups is 2. The number of halogens is 1. The number of methoxy groups -OCH3 is 1. The Bertz CT molecular complexity index is 1030. The first-order chi connectivity index (χ1) is 16.1. The largest absolute Gasteiger partial charge is 0.385 e. The minimum atomic E-state index is -3.61. The van der Waals surface area contributed by atoms with E-state index in [-0.39, 0.29) is 18.9 Å². The fourth-order valence-corrected chi connectivity index (χ4v) is 3.63. The highest BCUT2D eigenvalue weighted by Gasteiger charge is 2.31. The van der Waals surface area contributed by atoms with E-state index < -0.39 is 34.3 Å². The summed E-state index contributed by atoms with van der Waals surface area (Å²) < 4.78 is 43.2. The molecule has 10 heteroatoms. The number of hydrogen-bond donors (Lipinski definition) is 1. The van der Waals surface area contributed by atoms with E-state index in [4.69, 9.17) is 4.74 Å². The van der Waals surface area contributed by atoms with E-state index in [0.29, 0.717) is 25.1 Å². The maximum atomic E-state index is 13.4. The molecule has 0 bridgehead atoms. The van der Waals surface area contributed by atoms with Crippen molar-refractivity contribution in [3.05, 3.63) is 71.5 Å². The van der Waals surface area contributed by atoms with Gasteiger partial charge < -0.3 is 15.0 Å². The summed E-state index contributed by atoms with van der Waals surface area (Å²) in [6.07, 6.45) is 1.84. The molecule has 0 heterocycles. The van der Waals surface area contributed by atoms with Gasteiger partial charge in [0.2, 0.25) is 21.8 Å².